The van der Waals surface area contributed by atoms with Crippen molar-refractivity contribution in [2.45, 2.75) is 69.9 Å². The Balaban J connectivity index is 1.61. The lowest BCUT2D eigenvalue weighted by molar-refractivity contribution is 0.151. The highest BCUT2D eigenvalue weighted by Crippen LogP contribution is 2.37. The van der Waals surface area contributed by atoms with Crippen LogP contribution in [0.3, 0.4) is 0 Å². The molecule has 0 spiro atoms. The van der Waals surface area contributed by atoms with Crippen LogP contribution < -0.4 is 21.2 Å². The van der Waals surface area contributed by atoms with E-state index in [-0.39, 0.29) is 16.5 Å². The number of thioether (sulfide) groups is 1. The molecule has 37 heavy (non-hydrogen) atoms. The van der Waals surface area contributed by atoms with Crippen molar-refractivity contribution in [3.63, 3.8) is 0 Å². The molecule has 0 radical (unpaired) electrons. The van der Waals surface area contributed by atoms with Gasteiger partial charge in [-0.25, -0.2) is 5.48 Å². The molecule has 0 aliphatic carbocycles. The van der Waals surface area contributed by atoms with E-state index in [2.05, 4.69) is 144 Å². The molecule has 196 valence electrons. The second-order valence-electron chi connectivity index (χ2n) is 12.0. The third-order valence-corrected chi connectivity index (χ3v) is 13.4. The molecule has 1 unspecified atom stereocenters. The number of hydrogen-bond acceptors (Lipinski definition) is 4. The van der Waals surface area contributed by atoms with Crippen molar-refractivity contribution in [3.8, 4) is 0 Å². The minimum atomic E-state index is -2.65. The highest BCUT2D eigenvalue weighted by molar-refractivity contribution is 8.03. The first-order chi connectivity index (χ1) is 17.5. The maximum atomic E-state index is 7.03. The van der Waals surface area contributed by atoms with Gasteiger partial charge in [-0.05, 0) is 51.0 Å². The summed E-state index contributed by atoms with van der Waals surface area (Å²) in [7, 11) is -2.65. The smallest absolute Gasteiger partial charge is 0.287 e. The predicted octanol–water partition coefficient (Wildman–Crippen LogP) is 6.40. The van der Waals surface area contributed by atoms with Crippen molar-refractivity contribution < 1.29 is 4.53 Å². The first-order valence-corrected chi connectivity index (χ1v) is 16.0. The molecule has 0 bridgehead atoms. The molecule has 1 heterocycles. The van der Waals surface area contributed by atoms with Crippen LogP contribution in [-0.4, -0.2) is 27.4 Å². The molecule has 1 aliphatic rings. The Bertz CT molecular complexity index is 1160. The van der Waals surface area contributed by atoms with Crippen molar-refractivity contribution in [2.75, 3.05) is 13.1 Å². The van der Waals surface area contributed by atoms with Crippen LogP contribution in [0.4, 0.5) is 0 Å². The molecule has 0 amide bonds. The molecule has 0 saturated carbocycles. The summed E-state index contributed by atoms with van der Waals surface area (Å²) < 4.78 is 7.03. The molecule has 0 aromatic heterocycles. The maximum Gasteiger partial charge on any atom is 0.287 e. The van der Waals surface area contributed by atoms with E-state index in [4.69, 9.17) is 4.53 Å². The zero-order valence-corrected chi connectivity index (χ0v) is 25.2. The lowest BCUT2D eigenvalue weighted by atomic mass is 9.87. The topological polar surface area (TPSA) is 33.3 Å². The Kier molecular flexibility index (Phi) is 8.51. The van der Waals surface area contributed by atoms with E-state index < -0.39 is 8.32 Å². The first-order valence-electron chi connectivity index (χ1n) is 13.3. The molecule has 1 aliphatic heterocycles. The Labute approximate surface area is 229 Å². The first kappa shape index (κ1) is 27.9. The van der Waals surface area contributed by atoms with Crippen molar-refractivity contribution in [1.29, 1.82) is 0 Å². The van der Waals surface area contributed by atoms with Crippen LogP contribution in [0, 0.1) is 0 Å². The van der Waals surface area contributed by atoms with E-state index in [9.17, 15) is 0 Å². The van der Waals surface area contributed by atoms with Gasteiger partial charge in [0.05, 0.1) is 6.04 Å². The van der Waals surface area contributed by atoms with Crippen LogP contribution in [0.2, 0.25) is 5.04 Å². The standard InChI is InChI=1S/C32H42N2OSSi/c1-24-29(22-33-23-30(24)36-26-20-18-25(19-21-26)31(2,3)4)34-35-37(32(5,6)7,27-14-10-8-11-15-27)28-16-12-9-13-17-28/h8-21,29,33-34H,22-23H2,1-7H3. The zero-order chi connectivity index (χ0) is 26.7. The monoisotopic (exact) mass is 530 g/mol. The van der Waals surface area contributed by atoms with Crippen LogP contribution >= 0.6 is 11.8 Å². The normalized spacial score (nSPS) is 17.2. The van der Waals surface area contributed by atoms with Gasteiger partial charge in [0.1, 0.15) is 0 Å². The van der Waals surface area contributed by atoms with Crippen LogP contribution in [0.15, 0.2) is 100 Å². The van der Waals surface area contributed by atoms with Crippen molar-refractivity contribution in [1.82, 2.24) is 10.8 Å². The van der Waals surface area contributed by atoms with Crippen molar-refractivity contribution in [2.24, 2.45) is 0 Å². The fourth-order valence-corrected chi connectivity index (χ4v) is 10.3. The molecule has 3 aromatic rings. The summed E-state index contributed by atoms with van der Waals surface area (Å²) in [5.74, 6) is 0. The van der Waals surface area contributed by atoms with Crippen molar-refractivity contribution in [3.05, 3.63) is 101 Å². The largest absolute Gasteiger partial charge is 0.333 e. The second kappa shape index (κ2) is 11.3. The molecule has 3 aromatic carbocycles. The fraction of sp³-hybridized carbons (Fsp3) is 0.375. The van der Waals surface area contributed by atoms with E-state index in [0.717, 1.165) is 13.1 Å². The summed E-state index contributed by atoms with van der Waals surface area (Å²) in [4.78, 5) is 2.64. The summed E-state index contributed by atoms with van der Waals surface area (Å²) in [6.45, 7) is 17.7. The number of hydroxylamine groups is 1. The van der Waals surface area contributed by atoms with Crippen LogP contribution in [0.5, 0.6) is 0 Å². The maximum absolute atomic E-state index is 7.03. The predicted molar refractivity (Wildman–Crippen MR) is 162 cm³/mol. The highest BCUT2D eigenvalue weighted by atomic mass is 32.2. The minimum absolute atomic E-state index is 0.0746. The number of benzene rings is 3. The number of rotatable bonds is 7. The summed E-state index contributed by atoms with van der Waals surface area (Å²) in [6.07, 6.45) is 0. The molecule has 3 nitrogen and oxygen atoms in total. The van der Waals surface area contributed by atoms with Gasteiger partial charge in [-0.2, -0.15) is 0 Å². The van der Waals surface area contributed by atoms with Gasteiger partial charge in [-0.1, -0.05) is 126 Å². The van der Waals surface area contributed by atoms with Gasteiger partial charge in [0, 0.05) is 22.9 Å². The second-order valence-corrected chi connectivity index (χ2v) is 17.4. The van der Waals surface area contributed by atoms with Gasteiger partial charge in [-0.3, -0.25) is 0 Å². The lowest BCUT2D eigenvalue weighted by Gasteiger charge is -2.43. The van der Waals surface area contributed by atoms with Gasteiger partial charge in [0.2, 0.25) is 0 Å². The van der Waals surface area contributed by atoms with Crippen LogP contribution in [-0.2, 0) is 9.94 Å². The third-order valence-electron chi connectivity index (χ3n) is 7.33. The molecule has 5 heteroatoms. The van der Waals surface area contributed by atoms with E-state index in [1.165, 1.54) is 31.3 Å². The number of nitrogens with one attached hydrogen (secondary N) is 2. The van der Waals surface area contributed by atoms with Gasteiger partial charge >= 0.3 is 0 Å². The highest BCUT2D eigenvalue weighted by Gasteiger charge is 2.51. The van der Waals surface area contributed by atoms with E-state index in [1.54, 1.807) is 0 Å². The van der Waals surface area contributed by atoms with Gasteiger partial charge in [0.15, 0.2) is 0 Å². The molecule has 0 fully saturated rings. The van der Waals surface area contributed by atoms with E-state index >= 15 is 0 Å². The molecule has 0 saturated heterocycles. The molecule has 4 rings (SSSR count). The van der Waals surface area contributed by atoms with Gasteiger partial charge in [0.25, 0.3) is 8.32 Å². The van der Waals surface area contributed by atoms with E-state index in [0.29, 0.717) is 0 Å². The SMILES string of the molecule is CC1=C(Sc2ccc(C(C)(C)C)cc2)CNCC1NO[Si](c1ccccc1)(c1ccccc1)C(C)(C)C. The quantitative estimate of drug-likeness (QED) is 0.273. The molecule has 2 N–H and O–H groups in total. The summed E-state index contributed by atoms with van der Waals surface area (Å²) in [5.41, 5.74) is 6.47. The van der Waals surface area contributed by atoms with E-state index in [1.807, 2.05) is 11.8 Å². The minimum Gasteiger partial charge on any atom is -0.333 e. The van der Waals surface area contributed by atoms with Gasteiger partial charge in [-0.15, -0.1) is 0 Å². The third kappa shape index (κ3) is 6.13. The Morgan fingerprint density at radius 2 is 1.35 bits per heavy atom. The lowest BCUT2D eigenvalue weighted by Crippen LogP contribution is -2.69. The Hall–Kier alpha value is -2.15. The molecular formula is C32H42N2OSSi. The average molecular weight is 531 g/mol. The summed E-state index contributed by atoms with van der Waals surface area (Å²) in [5, 5.41) is 6.10. The number of hydrogen-bond donors (Lipinski definition) is 2. The Morgan fingerprint density at radius 1 is 0.811 bits per heavy atom. The molecular weight excluding hydrogens is 489 g/mol. The molecule has 1 atom stereocenters. The van der Waals surface area contributed by atoms with Gasteiger partial charge < -0.3 is 9.84 Å². The Morgan fingerprint density at radius 3 is 1.84 bits per heavy atom. The summed E-state index contributed by atoms with van der Waals surface area (Å²) in [6, 6.07) is 30.7. The fourth-order valence-electron chi connectivity index (χ4n) is 5.04. The summed E-state index contributed by atoms with van der Waals surface area (Å²) >= 11 is 1.86. The van der Waals surface area contributed by atoms with Crippen LogP contribution in [0.25, 0.3) is 0 Å². The van der Waals surface area contributed by atoms with Crippen LogP contribution in [0.1, 0.15) is 54.0 Å². The van der Waals surface area contributed by atoms with Crippen molar-refractivity contribution >= 4 is 30.5 Å². The zero-order valence-electron chi connectivity index (χ0n) is 23.4. The average Bonchev–Trinajstić information content (AvgIpc) is 2.87.